The third-order valence-electron chi connectivity index (χ3n) is 3.04. The zero-order valence-electron chi connectivity index (χ0n) is 12.0. The fourth-order valence-corrected chi connectivity index (χ4v) is 2.03. The third-order valence-corrected chi connectivity index (χ3v) is 3.04. The maximum Gasteiger partial charge on any atom is 0.253 e. The first-order valence-corrected chi connectivity index (χ1v) is 6.81. The predicted molar refractivity (Wildman–Crippen MR) is 73.3 cm³/mol. The molecule has 2 aromatic rings. The summed E-state index contributed by atoms with van der Waals surface area (Å²) in [5.41, 5.74) is 0.998. The largest absolute Gasteiger partial charge is 0.483 e. The van der Waals surface area contributed by atoms with Crippen molar-refractivity contribution in [2.45, 2.75) is 27.0 Å². The molecule has 0 unspecified atom stereocenters. The fraction of sp³-hybridized carbons (Fsp3) is 0.429. The first-order valence-electron chi connectivity index (χ1n) is 6.81. The minimum atomic E-state index is 0.222. The van der Waals surface area contributed by atoms with Gasteiger partial charge in [0.2, 0.25) is 12.7 Å². The Bertz CT molecular complexity index is 627. The summed E-state index contributed by atoms with van der Waals surface area (Å²) in [6.07, 6.45) is 0. The number of hydrogen-bond donors (Lipinski definition) is 1. The van der Waals surface area contributed by atoms with Crippen molar-refractivity contribution in [1.29, 1.82) is 0 Å². The number of aryl methyl sites for hydroxylation is 1. The molecular weight excluding hydrogens is 274 g/mol. The average molecular weight is 291 g/mol. The molecule has 0 saturated carbocycles. The summed E-state index contributed by atoms with van der Waals surface area (Å²) in [6.45, 7) is 5.81. The van der Waals surface area contributed by atoms with E-state index in [9.17, 15) is 0 Å². The lowest BCUT2D eigenvalue weighted by atomic mass is 10.1. The summed E-state index contributed by atoms with van der Waals surface area (Å²) < 4.78 is 21.9. The molecule has 1 aliphatic heterocycles. The van der Waals surface area contributed by atoms with Crippen LogP contribution in [-0.2, 0) is 13.2 Å². The summed E-state index contributed by atoms with van der Waals surface area (Å²) in [5, 5.41) is 11.0. The van der Waals surface area contributed by atoms with Crippen molar-refractivity contribution in [1.82, 2.24) is 15.5 Å². The van der Waals surface area contributed by atoms with E-state index in [-0.39, 0.29) is 13.4 Å². The van der Waals surface area contributed by atoms with Crippen LogP contribution in [0.5, 0.6) is 17.2 Å². The highest BCUT2D eigenvalue weighted by atomic mass is 16.7. The van der Waals surface area contributed by atoms with E-state index >= 15 is 0 Å². The molecule has 0 spiro atoms. The zero-order chi connectivity index (χ0) is 14.7. The number of rotatable bonds is 6. The van der Waals surface area contributed by atoms with E-state index in [1.165, 1.54) is 0 Å². The molecule has 0 atom stereocenters. The normalized spacial score (nSPS) is 12.7. The van der Waals surface area contributed by atoms with Crippen molar-refractivity contribution in [3.8, 4) is 17.2 Å². The molecule has 7 nitrogen and oxygen atoms in total. The molecule has 1 aromatic heterocycles. The van der Waals surface area contributed by atoms with Gasteiger partial charge in [-0.2, -0.15) is 0 Å². The number of nitrogens with one attached hydrogen (secondary N) is 1. The molecule has 2 heterocycles. The number of ether oxygens (including phenoxy) is 3. The lowest BCUT2D eigenvalue weighted by Crippen LogP contribution is -2.13. The van der Waals surface area contributed by atoms with Crippen molar-refractivity contribution >= 4 is 0 Å². The van der Waals surface area contributed by atoms with Gasteiger partial charge in [-0.1, -0.05) is 6.92 Å². The highest BCUT2D eigenvalue weighted by Gasteiger charge is 2.18. The molecule has 0 bridgehead atoms. The minimum absolute atomic E-state index is 0.222. The van der Waals surface area contributed by atoms with Crippen LogP contribution in [0.2, 0.25) is 0 Å². The Balaban J connectivity index is 1.78. The number of nitrogens with zero attached hydrogens (tertiary/aromatic N) is 2. The molecule has 0 amide bonds. The smallest absolute Gasteiger partial charge is 0.253 e. The summed E-state index contributed by atoms with van der Waals surface area (Å²) in [6, 6.07) is 3.76. The summed E-state index contributed by atoms with van der Waals surface area (Å²) in [7, 11) is 0. The lowest BCUT2D eigenvalue weighted by Gasteiger charge is -2.11. The highest BCUT2D eigenvalue weighted by Crippen LogP contribution is 2.38. The SMILES string of the molecule is CCNCc1cc2c(cc1OCc1nnc(C)o1)OCO2. The van der Waals surface area contributed by atoms with Crippen LogP contribution in [0.4, 0.5) is 0 Å². The fourth-order valence-electron chi connectivity index (χ4n) is 2.03. The molecule has 1 aliphatic rings. The number of hydrogen-bond acceptors (Lipinski definition) is 7. The maximum atomic E-state index is 5.79. The van der Waals surface area contributed by atoms with Gasteiger partial charge in [0, 0.05) is 25.1 Å². The molecule has 0 fully saturated rings. The molecule has 0 aliphatic carbocycles. The Morgan fingerprint density at radius 3 is 2.76 bits per heavy atom. The quantitative estimate of drug-likeness (QED) is 0.869. The van der Waals surface area contributed by atoms with Crippen LogP contribution in [0.3, 0.4) is 0 Å². The van der Waals surface area contributed by atoms with E-state index in [4.69, 9.17) is 18.6 Å². The first kappa shape index (κ1) is 13.7. The van der Waals surface area contributed by atoms with Gasteiger partial charge in [-0.3, -0.25) is 0 Å². The van der Waals surface area contributed by atoms with Gasteiger partial charge in [0.25, 0.3) is 5.89 Å². The van der Waals surface area contributed by atoms with Gasteiger partial charge >= 0.3 is 0 Å². The monoisotopic (exact) mass is 291 g/mol. The standard InChI is InChI=1S/C14H17N3O4/c1-3-15-6-10-4-12-13(20-8-19-12)5-11(10)18-7-14-17-16-9(2)21-14/h4-5,15H,3,6-8H2,1-2H3. The van der Waals surface area contributed by atoms with E-state index in [1.807, 2.05) is 12.1 Å². The van der Waals surface area contributed by atoms with Crippen molar-refractivity contribution < 1.29 is 18.6 Å². The molecule has 1 N–H and O–H groups in total. The Morgan fingerprint density at radius 2 is 2.05 bits per heavy atom. The van der Waals surface area contributed by atoms with Gasteiger partial charge in [0.05, 0.1) is 0 Å². The second kappa shape index (κ2) is 6.01. The van der Waals surface area contributed by atoms with Crippen LogP contribution < -0.4 is 19.5 Å². The van der Waals surface area contributed by atoms with Crippen molar-refractivity contribution in [3.63, 3.8) is 0 Å². The van der Waals surface area contributed by atoms with Crippen molar-refractivity contribution in [2.24, 2.45) is 0 Å². The first-order chi connectivity index (χ1) is 10.3. The number of aromatic nitrogens is 2. The summed E-state index contributed by atoms with van der Waals surface area (Å²) in [5.74, 6) is 3.11. The van der Waals surface area contributed by atoms with Gasteiger partial charge in [-0.25, -0.2) is 0 Å². The summed E-state index contributed by atoms with van der Waals surface area (Å²) in [4.78, 5) is 0. The Labute approximate surface area is 122 Å². The molecule has 7 heteroatoms. The second-order valence-corrected chi connectivity index (χ2v) is 4.60. The van der Waals surface area contributed by atoms with E-state index in [2.05, 4.69) is 22.4 Å². The van der Waals surface area contributed by atoms with Gasteiger partial charge in [0.15, 0.2) is 18.1 Å². The molecule has 3 rings (SSSR count). The average Bonchev–Trinajstić information content (AvgIpc) is 3.10. The van der Waals surface area contributed by atoms with Gasteiger partial charge < -0.3 is 23.9 Å². The van der Waals surface area contributed by atoms with Crippen LogP contribution in [0.25, 0.3) is 0 Å². The highest BCUT2D eigenvalue weighted by molar-refractivity contribution is 5.51. The Hall–Kier alpha value is -2.28. The van der Waals surface area contributed by atoms with Crippen LogP contribution in [0.15, 0.2) is 16.5 Å². The molecule has 0 radical (unpaired) electrons. The van der Waals surface area contributed by atoms with Crippen LogP contribution in [-0.4, -0.2) is 23.5 Å². The van der Waals surface area contributed by atoms with E-state index in [0.29, 0.717) is 24.1 Å². The molecule has 0 saturated heterocycles. The van der Waals surface area contributed by atoms with E-state index < -0.39 is 0 Å². The van der Waals surface area contributed by atoms with Gasteiger partial charge in [-0.05, 0) is 12.6 Å². The van der Waals surface area contributed by atoms with Crippen LogP contribution in [0, 0.1) is 6.92 Å². The molecular formula is C14H17N3O4. The third kappa shape index (κ3) is 3.08. The van der Waals surface area contributed by atoms with Gasteiger partial charge in [-0.15, -0.1) is 10.2 Å². The van der Waals surface area contributed by atoms with Crippen LogP contribution in [0.1, 0.15) is 24.3 Å². The van der Waals surface area contributed by atoms with Gasteiger partial charge in [0.1, 0.15) is 5.75 Å². The Kier molecular flexibility index (Phi) is 3.92. The van der Waals surface area contributed by atoms with Crippen LogP contribution >= 0.6 is 0 Å². The van der Waals surface area contributed by atoms with E-state index in [1.54, 1.807) is 6.92 Å². The maximum absolute atomic E-state index is 5.79. The molecule has 1 aromatic carbocycles. The zero-order valence-corrected chi connectivity index (χ0v) is 12.0. The van der Waals surface area contributed by atoms with E-state index in [0.717, 1.165) is 23.6 Å². The Morgan fingerprint density at radius 1 is 1.24 bits per heavy atom. The molecule has 112 valence electrons. The molecule has 21 heavy (non-hydrogen) atoms. The number of fused-ring (bicyclic) bond motifs is 1. The predicted octanol–water partition coefficient (Wildman–Crippen LogP) is 1.80. The number of benzene rings is 1. The lowest BCUT2D eigenvalue weighted by molar-refractivity contribution is 0.173. The van der Waals surface area contributed by atoms with Crippen molar-refractivity contribution in [2.75, 3.05) is 13.3 Å². The summed E-state index contributed by atoms with van der Waals surface area (Å²) >= 11 is 0. The second-order valence-electron chi connectivity index (χ2n) is 4.60. The van der Waals surface area contributed by atoms with Crippen molar-refractivity contribution in [3.05, 3.63) is 29.5 Å². The minimum Gasteiger partial charge on any atom is -0.483 e. The topological polar surface area (TPSA) is 78.6 Å².